The summed E-state index contributed by atoms with van der Waals surface area (Å²) in [7, 11) is 0. The van der Waals surface area contributed by atoms with E-state index in [1.54, 1.807) is 0 Å². The molecule has 0 unspecified atom stereocenters. The standard InChI is InChI=1S/C21H19N3OS/c1-14-18(20(25)24-16-11-7-4-8-12-16)19(15-9-5-3-6-10-15)17(13-22)21(23-14)26-2/h3-12,19,23H,1-2H3,(H,24,25)/t19-/m1/s1. The smallest absolute Gasteiger partial charge is 0.254 e. The molecule has 1 heterocycles. The van der Waals surface area contributed by atoms with Crippen LogP contribution in [0.3, 0.4) is 0 Å². The Morgan fingerprint density at radius 1 is 1.12 bits per heavy atom. The van der Waals surface area contributed by atoms with Gasteiger partial charge in [-0.25, -0.2) is 0 Å². The highest BCUT2D eigenvalue weighted by Gasteiger charge is 2.34. The fraction of sp³-hybridized carbons (Fsp3) is 0.143. The van der Waals surface area contributed by atoms with Crippen LogP contribution < -0.4 is 10.6 Å². The summed E-state index contributed by atoms with van der Waals surface area (Å²) in [4.78, 5) is 13.1. The van der Waals surface area contributed by atoms with Gasteiger partial charge in [-0.15, -0.1) is 11.8 Å². The van der Waals surface area contributed by atoms with Gasteiger partial charge in [0.1, 0.15) is 0 Å². The quantitative estimate of drug-likeness (QED) is 0.848. The molecule has 3 rings (SSSR count). The minimum Gasteiger partial charge on any atom is -0.353 e. The number of rotatable bonds is 4. The van der Waals surface area contributed by atoms with E-state index >= 15 is 0 Å². The molecular formula is C21H19N3OS. The van der Waals surface area contributed by atoms with Gasteiger partial charge in [0.15, 0.2) is 0 Å². The molecule has 0 spiro atoms. The monoisotopic (exact) mass is 361 g/mol. The lowest BCUT2D eigenvalue weighted by molar-refractivity contribution is -0.113. The number of nitrogens with one attached hydrogen (secondary N) is 2. The fourth-order valence-electron chi connectivity index (χ4n) is 3.07. The average molecular weight is 361 g/mol. The van der Waals surface area contributed by atoms with Gasteiger partial charge in [0.2, 0.25) is 0 Å². The number of dihydropyridines is 1. The Morgan fingerprint density at radius 3 is 2.31 bits per heavy atom. The Hall–Kier alpha value is -2.97. The number of amides is 1. The second-order valence-corrected chi connectivity index (χ2v) is 6.70. The Balaban J connectivity index is 2.06. The van der Waals surface area contributed by atoms with E-state index in [4.69, 9.17) is 0 Å². The molecule has 26 heavy (non-hydrogen) atoms. The summed E-state index contributed by atoms with van der Waals surface area (Å²) in [6.07, 6.45) is 1.92. The number of hydrogen-bond acceptors (Lipinski definition) is 4. The number of benzene rings is 2. The Morgan fingerprint density at radius 2 is 1.73 bits per heavy atom. The second-order valence-electron chi connectivity index (χ2n) is 5.89. The van der Waals surface area contributed by atoms with E-state index in [1.807, 2.05) is 73.8 Å². The highest BCUT2D eigenvalue weighted by Crippen LogP contribution is 2.40. The highest BCUT2D eigenvalue weighted by atomic mass is 32.2. The first kappa shape index (κ1) is 17.8. The molecule has 2 N–H and O–H groups in total. The van der Waals surface area contributed by atoms with Gasteiger partial charge in [-0.05, 0) is 30.9 Å². The van der Waals surface area contributed by atoms with Crippen molar-refractivity contribution in [2.75, 3.05) is 11.6 Å². The number of allylic oxidation sites excluding steroid dienone is 2. The Labute approximate surface area is 157 Å². The van der Waals surface area contributed by atoms with Gasteiger partial charge in [0.05, 0.1) is 22.6 Å². The van der Waals surface area contributed by atoms with Crippen molar-refractivity contribution >= 4 is 23.4 Å². The van der Waals surface area contributed by atoms with Gasteiger partial charge in [0, 0.05) is 17.0 Å². The minimum atomic E-state index is -0.395. The maximum Gasteiger partial charge on any atom is 0.254 e. The van der Waals surface area contributed by atoms with Crippen LogP contribution in [0.25, 0.3) is 0 Å². The van der Waals surface area contributed by atoms with Crippen LogP contribution in [0.4, 0.5) is 5.69 Å². The zero-order chi connectivity index (χ0) is 18.5. The number of carbonyl (C=O) groups excluding carboxylic acids is 1. The molecule has 0 aliphatic carbocycles. The minimum absolute atomic E-state index is 0.206. The van der Waals surface area contributed by atoms with Crippen molar-refractivity contribution in [2.45, 2.75) is 12.8 Å². The second kappa shape index (κ2) is 7.94. The third kappa shape index (κ3) is 3.51. The van der Waals surface area contributed by atoms with Gasteiger partial charge >= 0.3 is 0 Å². The first-order chi connectivity index (χ1) is 12.7. The van der Waals surface area contributed by atoms with Crippen LogP contribution in [0.2, 0.25) is 0 Å². The number of nitrogens with zero attached hydrogens (tertiary/aromatic N) is 1. The lowest BCUT2D eigenvalue weighted by atomic mass is 9.82. The van der Waals surface area contributed by atoms with Crippen LogP contribution in [0.1, 0.15) is 18.4 Å². The summed E-state index contributed by atoms with van der Waals surface area (Å²) in [6.45, 7) is 1.88. The number of anilines is 1. The van der Waals surface area contributed by atoms with E-state index in [2.05, 4.69) is 16.7 Å². The first-order valence-corrected chi connectivity index (χ1v) is 9.45. The molecule has 1 aliphatic heterocycles. The number of hydrogen-bond donors (Lipinski definition) is 2. The third-order valence-electron chi connectivity index (χ3n) is 4.26. The summed E-state index contributed by atoms with van der Waals surface area (Å²) in [6, 6.07) is 21.3. The summed E-state index contributed by atoms with van der Waals surface area (Å²) < 4.78 is 0. The fourth-order valence-corrected chi connectivity index (χ4v) is 3.71. The lowest BCUT2D eigenvalue weighted by Crippen LogP contribution is -2.30. The maximum atomic E-state index is 13.1. The van der Waals surface area contributed by atoms with Gasteiger partial charge < -0.3 is 10.6 Å². The predicted octanol–water partition coefficient (Wildman–Crippen LogP) is 4.38. The average Bonchev–Trinajstić information content (AvgIpc) is 2.68. The molecule has 0 aromatic heterocycles. The molecule has 1 aliphatic rings. The van der Waals surface area contributed by atoms with Crippen molar-refractivity contribution in [3.8, 4) is 6.07 Å². The molecule has 0 radical (unpaired) electrons. The molecule has 2 aromatic rings. The van der Waals surface area contributed by atoms with E-state index in [0.717, 1.165) is 22.0 Å². The molecule has 1 atom stereocenters. The Kier molecular flexibility index (Phi) is 5.45. The predicted molar refractivity (Wildman–Crippen MR) is 106 cm³/mol. The molecule has 130 valence electrons. The summed E-state index contributed by atoms with van der Waals surface area (Å²) in [5, 5.41) is 16.7. The Bertz CT molecular complexity index is 911. The molecular weight excluding hydrogens is 342 g/mol. The van der Waals surface area contributed by atoms with E-state index in [9.17, 15) is 10.1 Å². The number of nitriles is 1. The molecule has 0 bridgehead atoms. The number of para-hydroxylation sites is 1. The normalized spacial score (nSPS) is 16.7. The van der Waals surface area contributed by atoms with Crippen LogP contribution in [0.15, 0.2) is 82.5 Å². The SMILES string of the molecule is CSC1=C(C#N)[C@@H](c2ccccc2)C(C(=O)Nc2ccccc2)=C(C)N1. The number of carbonyl (C=O) groups is 1. The maximum absolute atomic E-state index is 13.1. The zero-order valence-electron chi connectivity index (χ0n) is 14.6. The van der Waals surface area contributed by atoms with E-state index in [1.165, 1.54) is 11.8 Å². The molecule has 5 heteroatoms. The van der Waals surface area contributed by atoms with Crippen molar-refractivity contribution < 1.29 is 4.79 Å². The molecule has 4 nitrogen and oxygen atoms in total. The van der Waals surface area contributed by atoms with Gasteiger partial charge in [0.25, 0.3) is 5.91 Å². The van der Waals surface area contributed by atoms with Crippen molar-refractivity contribution in [1.29, 1.82) is 5.26 Å². The molecule has 2 aromatic carbocycles. The molecule has 1 amide bonds. The summed E-state index contributed by atoms with van der Waals surface area (Å²) in [5.41, 5.74) is 3.54. The zero-order valence-corrected chi connectivity index (χ0v) is 15.4. The van der Waals surface area contributed by atoms with E-state index < -0.39 is 5.92 Å². The lowest BCUT2D eigenvalue weighted by Gasteiger charge is -2.29. The largest absolute Gasteiger partial charge is 0.353 e. The van der Waals surface area contributed by atoms with Gasteiger partial charge in [-0.3, -0.25) is 4.79 Å². The topological polar surface area (TPSA) is 64.9 Å². The highest BCUT2D eigenvalue weighted by molar-refractivity contribution is 8.02. The third-order valence-corrected chi connectivity index (χ3v) is 4.99. The van der Waals surface area contributed by atoms with Crippen LogP contribution in [-0.2, 0) is 4.79 Å². The van der Waals surface area contributed by atoms with Crippen molar-refractivity contribution in [1.82, 2.24) is 5.32 Å². The van der Waals surface area contributed by atoms with Crippen molar-refractivity contribution in [2.24, 2.45) is 0 Å². The van der Waals surface area contributed by atoms with Crippen molar-refractivity contribution in [3.63, 3.8) is 0 Å². The number of thioether (sulfide) groups is 1. The van der Waals surface area contributed by atoms with Gasteiger partial charge in [-0.2, -0.15) is 5.26 Å². The van der Waals surface area contributed by atoms with Crippen LogP contribution in [0.5, 0.6) is 0 Å². The van der Waals surface area contributed by atoms with Crippen LogP contribution in [-0.4, -0.2) is 12.2 Å². The molecule has 0 fully saturated rings. The van der Waals surface area contributed by atoms with Crippen LogP contribution in [0, 0.1) is 11.3 Å². The van der Waals surface area contributed by atoms with Crippen LogP contribution >= 0.6 is 11.8 Å². The molecule has 0 saturated heterocycles. The summed E-state index contributed by atoms with van der Waals surface area (Å²) >= 11 is 1.48. The van der Waals surface area contributed by atoms with Gasteiger partial charge in [-0.1, -0.05) is 48.5 Å². The summed E-state index contributed by atoms with van der Waals surface area (Å²) in [5.74, 6) is -0.600. The first-order valence-electron chi connectivity index (χ1n) is 8.23. The molecule has 0 saturated carbocycles. The van der Waals surface area contributed by atoms with E-state index in [-0.39, 0.29) is 5.91 Å². The van der Waals surface area contributed by atoms with Crippen molar-refractivity contribution in [3.05, 3.63) is 88.1 Å². The van der Waals surface area contributed by atoms with E-state index in [0.29, 0.717) is 11.1 Å².